The van der Waals surface area contributed by atoms with Crippen molar-refractivity contribution in [2.75, 3.05) is 33.4 Å². The fourth-order valence-electron chi connectivity index (χ4n) is 0.848. The standard InChI is InChI=1S/C9H19F3N2O/c1-8(2,6-13)14(3)4-5-15-7-9(10,11)12/h4-7,13H2,1-3H3. The van der Waals surface area contributed by atoms with Gasteiger partial charge < -0.3 is 10.5 Å². The molecular weight excluding hydrogens is 209 g/mol. The van der Waals surface area contributed by atoms with Crippen LogP contribution in [-0.4, -0.2) is 50.0 Å². The summed E-state index contributed by atoms with van der Waals surface area (Å²) in [6, 6.07) is 0. The van der Waals surface area contributed by atoms with E-state index in [0.29, 0.717) is 13.1 Å². The van der Waals surface area contributed by atoms with Crippen molar-refractivity contribution in [1.82, 2.24) is 4.90 Å². The number of alkyl halides is 3. The third-order valence-electron chi connectivity index (χ3n) is 2.37. The molecule has 0 saturated carbocycles. The molecule has 0 fully saturated rings. The number of nitrogens with two attached hydrogens (primary N) is 1. The number of hydrogen-bond acceptors (Lipinski definition) is 3. The molecule has 0 bridgehead atoms. The molecule has 2 N–H and O–H groups in total. The molecule has 92 valence electrons. The first-order valence-corrected chi connectivity index (χ1v) is 4.75. The average molecular weight is 228 g/mol. The zero-order valence-electron chi connectivity index (χ0n) is 9.40. The van der Waals surface area contributed by atoms with Crippen LogP contribution in [-0.2, 0) is 4.74 Å². The zero-order chi connectivity index (χ0) is 12.1. The number of halogens is 3. The lowest BCUT2D eigenvalue weighted by Crippen LogP contribution is -2.48. The Kier molecular flexibility index (Phi) is 5.55. The predicted molar refractivity (Wildman–Crippen MR) is 52.6 cm³/mol. The molecule has 0 aromatic rings. The average Bonchev–Trinajstić information content (AvgIpc) is 2.10. The topological polar surface area (TPSA) is 38.5 Å². The SMILES string of the molecule is CN(CCOCC(F)(F)F)C(C)(C)CN. The van der Waals surface area contributed by atoms with Crippen LogP contribution in [0.4, 0.5) is 13.2 Å². The molecular formula is C9H19F3N2O. The molecule has 0 aromatic carbocycles. The van der Waals surface area contributed by atoms with Gasteiger partial charge in [0.15, 0.2) is 0 Å². The zero-order valence-corrected chi connectivity index (χ0v) is 9.40. The maximum absolute atomic E-state index is 11.7. The predicted octanol–water partition coefficient (Wildman–Crippen LogP) is 1.23. The highest BCUT2D eigenvalue weighted by atomic mass is 19.4. The summed E-state index contributed by atoms with van der Waals surface area (Å²) in [6.07, 6.45) is -4.25. The van der Waals surface area contributed by atoms with Gasteiger partial charge in [-0.05, 0) is 20.9 Å². The number of rotatable bonds is 6. The van der Waals surface area contributed by atoms with Gasteiger partial charge >= 0.3 is 6.18 Å². The molecule has 15 heavy (non-hydrogen) atoms. The van der Waals surface area contributed by atoms with E-state index in [0.717, 1.165) is 0 Å². The van der Waals surface area contributed by atoms with Crippen molar-refractivity contribution in [3.05, 3.63) is 0 Å². The minimum Gasteiger partial charge on any atom is -0.371 e. The minimum absolute atomic E-state index is 0.0550. The molecule has 0 atom stereocenters. The minimum atomic E-state index is -4.25. The second kappa shape index (κ2) is 5.67. The van der Waals surface area contributed by atoms with Crippen molar-refractivity contribution in [3.63, 3.8) is 0 Å². The van der Waals surface area contributed by atoms with Crippen molar-refractivity contribution in [3.8, 4) is 0 Å². The highest BCUT2D eigenvalue weighted by Crippen LogP contribution is 2.14. The summed E-state index contributed by atoms with van der Waals surface area (Å²) in [5.41, 5.74) is 5.30. The largest absolute Gasteiger partial charge is 0.411 e. The van der Waals surface area contributed by atoms with Crippen molar-refractivity contribution in [1.29, 1.82) is 0 Å². The molecule has 0 aliphatic heterocycles. The maximum atomic E-state index is 11.7. The Balaban J connectivity index is 3.69. The molecule has 0 heterocycles. The van der Waals surface area contributed by atoms with Gasteiger partial charge in [0.2, 0.25) is 0 Å². The van der Waals surface area contributed by atoms with E-state index in [-0.39, 0.29) is 12.1 Å². The van der Waals surface area contributed by atoms with Crippen molar-refractivity contribution in [2.45, 2.75) is 25.6 Å². The molecule has 6 heteroatoms. The van der Waals surface area contributed by atoms with Gasteiger partial charge in [-0.2, -0.15) is 13.2 Å². The summed E-state index contributed by atoms with van der Waals surface area (Å²) in [7, 11) is 1.81. The van der Waals surface area contributed by atoms with E-state index in [1.807, 2.05) is 25.8 Å². The van der Waals surface area contributed by atoms with E-state index in [9.17, 15) is 13.2 Å². The first-order valence-electron chi connectivity index (χ1n) is 4.75. The normalized spacial score (nSPS) is 13.6. The third kappa shape index (κ3) is 6.70. The first-order chi connectivity index (χ1) is 6.69. The molecule has 0 aliphatic carbocycles. The Morgan fingerprint density at radius 2 is 1.80 bits per heavy atom. The van der Waals surface area contributed by atoms with Crippen LogP contribution in [0.25, 0.3) is 0 Å². The number of ether oxygens (including phenoxy) is 1. The van der Waals surface area contributed by atoms with Crippen molar-refractivity contribution >= 4 is 0 Å². The number of nitrogens with zero attached hydrogens (tertiary/aromatic N) is 1. The summed E-state index contributed by atoms with van der Waals surface area (Å²) < 4.78 is 39.7. The second-order valence-corrected chi connectivity index (χ2v) is 4.11. The van der Waals surface area contributed by atoms with Crippen molar-refractivity contribution < 1.29 is 17.9 Å². The van der Waals surface area contributed by atoms with Gasteiger partial charge in [-0.1, -0.05) is 0 Å². The molecule has 0 aromatic heterocycles. The van der Waals surface area contributed by atoms with Gasteiger partial charge in [0.05, 0.1) is 6.61 Å². The molecule has 0 aliphatic rings. The molecule has 0 unspecified atom stereocenters. The summed E-state index contributed by atoms with van der Waals surface area (Å²) in [6.45, 7) is 3.60. The van der Waals surface area contributed by atoms with E-state index >= 15 is 0 Å². The van der Waals surface area contributed by atoms with Gasteiger partial charge in [0.1, 0.15) is 6.61 Å². The van der Waals surface area contributed by atoms with Gasteiger partial charge in [-0.15, -0.1) is 0 Å². The van der Waals surface area contributed by atoms with Crippen molar-refractivity contribution in [2.24, 2.45) is 5.73 Å². The lowest BCUT2D eigenvalue weighted by Gasteiger charge is -2.34. The molecule has 0 saturated heterocycles. The van der Waals surface area contributed by atoms with Crippen LogP contribution in [0.3, 0.4) is 0 Å². The smallest absolute Gasteiger partial charge is 0.371 e. The van der Waals surface area contributed by atoms with Crippen LogP contribution in [0, 0.1) is 0 Å². The Bertz CT molecular complexity index is 183. The van der Waals surface area contributed by atoms with Crippen LogP contribution in [0.5, 0.6) is 0 Å². The van der Waals surface area contributed by atoms with Crippen LogP contribution in [0.1, 0.15) is 13.8 Å². The summed E-state index contributed by atoms with van der Waals surface area (Å²) in [5, 5.41) is 0. The second-order valence-electron chi connectivity index (χ2n) is 4.11. The highest BCUT2D eigenvalue weighted by Gasteiger charge is 2.27. The van der Waals surface area contributed by atoms with E-state index in [1.54, 1.807) is 0 Å². The van der Waals surface area contributed by atoms with E-state index in [1.165, 1.54) is 0 Å². The Morgan fingerprint density at radius 3 is 2.20 bits per heavy atom. The molecule has 0 rings (SSSR count). The Morgan fingerprint density at radius 1 is 1.27 bits per heavy atom. The molecule has 3 nitrogen and oxygen atoms in total. The monoisotopic (exact) mass is 228 g/mol. The summed E-state index contributed by atoms with van der Waals surface area (Å²) in [5.74, 6) is 0. The van der Waals surface area contributed by atoms with Crippen LogP contribution in [0.2, 0.25) is 0 Å². The van der Waals surface area contributed by atoms with E-state index in [2.05, 4.69) is 4.74 Å². The fraction of sp³-hybridized carbons (Fsp3) is 1.00. The quantitative estimate of drug-likeness (QED) is 0.695. The van der Waals surface area contributed by atoms with Gasteiger partial charge in [0.25, 0.3) is 0 Å². The van der Waals surface area contributed by atoms with Gasteiger partial charge in [-0.3, -0.25) is 4.90 Å². The molecule has 0 radical (unpaired) electrons. The third-order valence-corrected chi connectivity index (χ3v) is 2.37. The van der Waals surface area contributed by atoms with Crippen LogP contribution in [0.15, 0.2) is 0 Å². The highest BCUT2D eigenvalue weighted by molar-refractivity contribution is 4.79. The Hall–Kier alpha value is -0.330. The van der Waals surface area contributed by atoms with Gasteiger partial charge in [-0.25, -0.2) is 0 Å². The first kappa shape index (κ1) is 14.7. The Labute approximate surface area is 88.4 Å². The van der Waals surface area contributed by atoms with E-state index < -0.39 is 12.8 Å². The van der Waals surface area contributed by atoms with Crippen LogP contribution >= 0.6 is 0 Å². The molecule has 0 amide bonds. The lowest BCUT2D eigenvalue weighted by atomic mass is 10.0. The maximum Gasteiger partial charge on any atom is 0.411 e. The number of likely N-dealkylation sites (N-methyl/N-ethyl adjacent to an activating group) is 1. The van der Waals surface area contributed by atoms with Gasteiger partial charge in [0, 0.05) is 18.6 Å². The summed E-state index contributed by atoms with van der Waals surface area (Å²) in [4.78, 5) is 1.88. The van der Waals surface area contributed by atoms with Crippen LogP contribution < -0.4 is 5.73 Å². The number of hydrogen-bond donors (Lipinski definition) is 1. The summed E-state index contributed by atoms with van der Waals surface area (Å²) >= 11 is 0. The molecule has 0 spiro atoms. The fourth-order valence-corrected chi connectivity index (χ4v) is 0.848. The van der Waals surface area contributed by atoms with E-state index in [4.69, 9.17) is 5.73 Å². The lowest BCUT2D eigenvalue weighted by molar-refractivity contribution is -0.174.